The molecule has 0 amide bonds. The van der Waals surface area contributed by atoms with Crippen molar-refractivity contribution >= 4 is 11.6 Å². The highest BCUT2D eigenvalue weighted by Gasteiger charge is 2.21. The summed E-state index contributed by atoms with van der Waals surface area (Å²) in [5.41, 5.74) is 3.80. The van der Waals surface area contributed by atoms with Crippen LogP contribution in [-0.4, -0.2) is 10.4 Å². The molecule has 134 valence electrons. The number of halogens is 3. The molecule has 0 atom stereocenters. The van der Waals surface area contributed by atoms with E-state index in [2.05, 4.69) is 0 Å². The molecule has 5 nitrogen and oxygen atoms in total. The van der Waals surface area contributed by atoms with Crippen LogP contribution in [0, 0.1) is 28.8 Å². The molecule has 8 heteroatoms. The van der Waals surface area contributed by atoms with Gasteiger partial charge in [0.1, 0.15) is 17.3 Å². The number of carbonyl (C=O) groups excluding carboxylic acids is 1. The van der Waals surface area contributed by atoms with Crippen molar-refractivity contribution in [3.05, 3.63) is 93.0 Å². The number of ketones is 1. The normalized spacial score (nSPS) is 10.4. The third kappa shape index (κ3) is 3.18. The number of anilines is 1. The number of benzene rings is 2. The van der Waals surface area contributed by atoms with Crippen LogP contribution < -0.4 is 11.3 Å². The van der Waals surface area contributed by atoms with Crippen molar-refractivity contribution in [2.45, 2.75) is 0 Å². The van der Waals surface area contributed by atoms with Crippen molar-refractivity contribution in [2.24, 2.45) is 0 Å². The van der Waals surface area contributed by atoms with Gasteiger partial charge in [0.2, 0.25) is 0 Å². The number of hydrogen-bond acceptors (Lipinski definition) is 4. The minimum atomic E-state index is -1.19. The molecule has 1 aromatic heterocycles. The quantitative estimate of drug-likeness (QED) is 0.719. The Balaban J connectivity index is 2.21. The number of pyridine rings is 1. The lowest BCUT2D eigenvalue weighted by molar-refractivity contribution is 0.103. The average Bonchev–Trinajstić information content (AvgIpc) is 2.63. The summed E-state index contributed by atoms with van der Waals surface area (Å²) in [7, 11) is 0. The van der Waals surface area contributed by atoms with Crippen molar-refractivity contribution in [2.75, 3.05) is 5.73 Å². The van der Waals surface area contributed by atoms with E-state index >= 15 is 0 Å². The molecule has 0 saturated carbocycles. The summed E-state index contributed by atoms with van der Waals surface area (Å²) < 4.78 is 42.2. The molecule has 3 rings (SSSR count). The Kier molecular flexibility index (Phi) is 4.52. The fraction of sp³-hybridized carbons (Fsp3) is 0. The van der Waals surface area contributed by atoms with Crippen LogP contribution in [0.1, 0.15) is 21.5 Å². The van der Waals surface area contributed by atoms with Crippen molar-refractivity contribution < 1.29 is 18.0 Å². The smallest absolute Gasteiger partial charge is 0.256 e. The average molecular weight is 369 g/mol. The topological polar surface area (TPSA) is 88.9 Å². The van der Waals surface area contributed by atoms with E-state index in [0.29, 0.717) is 4.57 Å². The van der Waals surface area contributed by atoms with E-state index in [1.165, 1.54) is 12.1 Å². The largest absolute Gasteiger partial charge is 0.384 e. The van der Waals surface area contributed by atoms with E-state index in [1.54, 1.807) is 6.07 Å². The molecule has 27 heavy (non-hydrogen) atoms. The van der Waals surface area contributed by atoms with Crippen LogP contribution in [0.15, 0.2) is 53.3 Å². The van der Waals surface area contributed by atoms with Gasteiger partial charge in [-0.2, -0.15) is 5.26 Å². The Bertz CT molecular complexity index is 1140. The number of nitrogen functional groups attached to an aromatic ring is 1. The first-order valence-corrected chi connectivity index (χ1v) is 7.55. The molecule has 2 N–H and O–H groups in total. The SMILES string of the molecule is N#Cc1cc(F)c(-n2c(N)c(C(=O)c3ccc(F)cc3)ccc2=O)c(F)c1. The van der Waals surface area contributed by atoms with Crippen LogP contribution in [0.2, 0.25) is 0 Å². The highest BCUT2D eigenvalue weighted by molar-refractivity contribution is 6.11. The summed E-state index contributed by atoms with van der Waals surface area (Å²) in [6.45, 7) is 0. The molecule has 0 aliphatic rings. The molecule has 2 aromatic carbocycles. The number of nitrogens with two attached hydrogens (primary N) is 1. The third-order valence-electron chi connectivity index (χ3n) is 3.85. The molecule has 0 spiro atoms. The van der Waals surface area contributed by atoms with E-state index in [0.717, 1.165) is 36.4 Å². The monoisotopic (exact) mass is 369 g/mol. The van der Waals surface area contributed by atoms with Crippen molar-refractivity contribution in [3.63, 3.8) is 0 Å². The van der Waals surface area contributed by atoms with E-state index in [4.69, 9.17) is 11.0 Å². The number of rotatable bonds is 3. The minimum Gasteiger partial charge on any atom is -0.384 e. The summed E-state index contributed by atoms with van der Waals surface area (Å²) in [6, 6.07) is 9.72. The number of hydrogen-bond donors (Lipinski definition) is 1. The van der Waals surface area contributed by atoms with Gasteiger partial charge in [-0.25, -0.2) is 13.2 Å². The summed E-state index contributed by atoms with van der Waals surface area (Å²) >= 11 is 0. The summed E-state index contributed by atoms with van der Waals surface area (Å²) in [6.07, 6.45) is 0. The Labute approximate surface area is 150 Å². The number of carbonyl (C=O) groups is 1. The molecule has 0 fully saturated rings. The highest BCUT2D eigenvalue weighted by Crippen LogP contribution is 2.24. The van der Waals surface area contributed by atoms with Gasteiger partial charge in [0.15, 0.2) is 17.4 Å². The first-order valence-electron chi connectivity index (χ1n) is 7.55. The molecular weight excluding hydrogens is 359 g/mol. The van der Waals surface area contributed by atoms with Crippen LogP contribution in [0.5, 0.6) is 0 Å². The van der Waals surface area contributed by atoms with Crippen LogP contribution in [0.25, 0.3) is 5.69 Å². The molecule has 0 aliphatic heterocycles. The van der Waals surface area contributed by atoms with E-state index in [1.807, 2.05) is 0 Å². The second-order valence-electron chi connectivity index (χ2n) is 5.54. The first kappa shape index (κ1) is 17.9. The maximum absolute atomic E-state index is 14.3. The zero-order valence-electron chi connectivity index (χ0n) is 13.5. The minimum absolute atomic E-state index is 0.0778. The fourth-order valence-electron chi connectivity index (χ4n) is 2.58. The molecule has 0 radical (unpaired) electrons. The van der Waals surface area contributed by atoms with Gasteiger partial charge in [0.05, 0.1) is 17.2 Å². The van der Waals surface area contributed by atoms with Crippen molar-refractivity contribution in [1.29, 1.82) is 5.26 Å². The Morgan fingerprint density at radius 2 is 1.59 bits per heavy atom. The molecule has 0 aliphatic carbocycles. The van der Waals surface area contributed by atoms with E-state index in [9.17, 15) is 22.8 Å². The second kappa shape index (κ2) is 6.80. The lowest BCUT2D eigenvalue weighted by Gasteiger charge is -2.14. The van der Waals surface area contributed by atoms with Crippen LogP contribution >= 0.6 is 0 Å². The van der Waals surface area contributed by atoms with E-state index in [-0.39, 0.29) is 16.7 Å². The van der Waals surface area contributed by atoms with Gasteiger partial charge in [-0.15, -0.1) is 0 Å². The summed E-state index contributed by atoms with van der Waals surface area (Å²) in [5.74, 6) is -4.07. The lowest BCUT2D eigenvalue weighted by atomic mass is 10.0. The first-order chi connectivity index (χ1) is 12.8. The number of nitrogens with zero attached hydrogens (tertiary/aromatic N) is 2. The zero-order valence-corrected chi connectivity index (χ0v) is 13.5. The van der Waals surface area contributed by atoms with Crippen molar-refractivity contribution in [3.8, 4) is 11.8 Å². The predicted octanol–water partition coefficient (Wildman–Crippen LogP) is 2.94. The van der Waals surface area contributed by atoms with Crippen LogP contribution in [0.4, 0.5) is 19.0 Å². The number of nitriles is 1. The summed E-state index contributed by atoms with van der Waals surface area (Å²) in [5, 5.41) is 8.77. The third-order valence-corrected chi connectivity index (χ3v) is 3.85. The maximum Gasteiger partial charge on any atom is 0.256 e. The van der Waals surface area contributed by atoms with Crippen LogP contribution in [0.3, 0.4) is 0 Å². The molecular formula is C19H10F3N3O2. The van der Waals surface area contributed by atoms with Gasteiger partial charge >= 0.3 is 0 Å². The van der Waals surface area contributed by atoms with Crippen molar-refractivity contribution in [1.82, 2.24) is 4.57 Å². The van der Waals surface area contributed by atoms with Gasteiger partial charge in [-0.1, -0.05) is 0 Å². The van der Waals surface area contributed by atoms with Gasteiger partial charge in [0.25, 0.3) is 5.56 Å². The zero-order chi connectivity index (χ0) is 19.7. The maximum atomic E-state index is 14.3. The van der Waals surface area contributed by atoms with Gasteiger partial charge < -0.3 is 5.73 Å². The lowest BCUT2D eigenvalue weighted by Crippen LogP contribution is -2.25. The molecule has 0 bridgehead atoms. The van der Waals surface area contributed by atoms with Gasteiger partial charge in [0, 0.05) is 11.6 Å². The van der Waals surface area contributed by atoms with E-state index < -0.39 is 40.3 Å². The molecule has 0 unspecified atom stereocenters. The Morgan fingerprint density at radius 1 is 1.00 bits per heavy atom. The second-order valence-corrected chi connectivity index (χ2v) is 5.54. The predicted molar refractivity (Wildman–Crippen MR) is 90.9 cm³/mol. The molecule has 3 aromatic rings. The van der Waals surface area contributed by atoms with Gasteiger partial charge in [-0.3, -0.25) is 14.2 Å². The molecule has 1 heterocycles. The van der Waals surface area contributed by atoms with Crippen LogP contribution in [-0.2, 0) is 0 Å². The Morgan fingerprint density at radius 3 is 2.15 bits per heavy atom. The fourth-order valence-corrected chi connectivity index (χ4v) is 2.58. The highest BCUT2D eigenvalue weighted by atomic mass is 19.1. The standard InChI is InChI=1S/C19H10F3N3O2/c20-12-3-1-11(2-4-12)18(27)13-5-6-16(26)25(19(13)24)17-14(21)7-10(9-23)8-15(17)22/h1-8H,24H2. The molecule has 0 saturated heterocycles. The number of aromatic nitrogens is 1. The Hall–Kier alpha value is -3.86. The van der Waals surface area contributed by atoms with Gasteiger partial charge in [-0.05, 0) is 42.5 Å². The summed E-state index contributed by atoms with van der Waals surface area (Å²) in [4.78, 5) is 24.8.